The maximum absolute atomic E-state index is 5.98. The van der Waals surface area contributed by atoms with Crippen LogP contribution in [0.3, 0.4) is 0 Å². The van der Waals surface area contributed by atoms with Crippen molar-refractivity contribution in [3.05, 3.63) is 65.5 Å². The van der Waals surface area contributed by atoms with Crippen LogP contribution in [0.25, 0.3) is 11.4 Å². The smallest absolute Gasteiger partial charge is 0.245 e. The van der Waals surface area contributed by atoms with Crippen molar-refractivity contribution in [2.75, 3.05) is 6.61 Å². The third-order valence-electron chi connectivity index (χ3n) is 4.97. The summed E-state index contributed by atoms with van der Waals surface area (Å²) in [4.78, 5) is 4.60. The summed E-state index contributed by atoms with van der Waals surface area (Å²) in [5, 5.41) is 4.16. The molecule has 2 aromatic carbocycles. The van der Waals surface area contributed by atoms with Crippen LogP contribution < -0.4 is 15.6 Å². The van der Waals surface area contributed by atoms with E-state index in [-0.39, 0.29) is 12.1 Å². The molecule has 2 N–H and O–H groups in total. The van der Waals surface area contributed by atoms with Crippen molar-refractivity contribution in [2.45, 2.75) is 45.2 Å². The van der Waals surface area contributed by atoms with Gasteiger partial charge in [0.15, 0.2) is 0 Å². The predicted octanol–water partition coefficient (Wildman–Crippen LogP) is 4.50. The summed E-state index contributed by atoms with van der Waals surface area (Å²) in [6, 6.07) is 16.4. The molecule has 6 heteroatoms. The number of ether oxygens (including phenoxy) is 1. The predicted molar refractivity (Wildman–Crippen MR) is 108 cm³/mol. The zero-order chi connectivity index (χ0) is 19.3. The molecule has 1 aromatic heterocycles. The van der Waals surface area contributed by atoms with Crippen molar-refractivity contribution in [3.63, 3.8) is 0 Å². The Hall–Kier alpha value is -2.70. The van der Waals surface area contributed by atoms with E-state index in [4.69, 9.17) is 9.26 Å². The molecule has 6 nitrogen and oxygen atoms in total. The van der Waals surface area contributed by atoms with Crippen LogP contribution in [0, 0.1) is 6.92 Å². The van der Waals surface area contributed by atoms with Crippen LogP contribution in [-0.4, -0.2) is 16.7 Å². The Kier molecular flexibility index (Phi) is 5.69. The molecule has 1 fully saturated rings. The van der Waals surface area contributed by atoms with Crippen LogP contribution in [0.4, 0.5) is 0 Å². The lowest BCUT2D eigenvalue weighted by molar-refractivity contribution is 0.303. The minimum Gasteiger partial charge on any atom is -0.493 e. The molecule has 0 amide bonds. The molecule has 3 aromatic rings. The molecule has 1 saturated heterocycles. The van der Waals surface area contributed by atoms with Gasteiger partial charge in [0.1, 0.15) is 11.8 Å². The molecule has 0 bridgehead atoms. The lowest BCUT2D eigenvalue weighted by Crippen LogP contribution is -2.27. The first-order chi connectivity index (χ1) is 13.7. The quantitative estimate of drug-likeness (QED) is 0.590. The molecule has 146 valence electrons. The highest BCUT2D eigenvalue weighted by atomic mass is 16.5. The third-order valence-corrected chi connectivity index (χ3v) is 4.97. The van der Waals surface area contributed by atoms with Gasteiger partial charge in [-0.3, -0.25) is 0 Å². The standard InChI is InChI=1S/C22H26N4O2/c1-3-4-12-27-20-11-6-5-10-17(20)18-14-19(25-24-18)22-23-21(26-28-22)16-9-7-8-15(2)13-16/h5-11,13,18-19,24-25H,3-4,12,14H2,1-2H3. The lowest BCUT2D eigenvalue weighted by Gasteiger charge is -2.15. The summed E-state index contributed by atoms with van der Waals surface area (Å²) >= 11 is 0. The maximum Gasteiger partial charge on any atom is 0.245 e. The summed E-state index contributed by atoms with van der Waals surface area (Å²) in [5.41, 5.74) is 9.92. The Bertz CT molecular complexity index is 924. The molecule has 0 aliphatic carbocycles. The number of benzene rings is 2. The van der Waals surface area contributed by atoms with Gasteiger partial charge < -0.3 is 9.26 Å². The zero-order valence-corrected chi connectivity index (χ0v) is 16.3. The van der Waals surface area contributed by atoms with E-state index in [0.717, 1.165) is 42.7 Å². The summed E-state index contributed by atoms with van der Waals surface area (Å²) in [6.07, 6.45) is 2.98. The van der Waals surface area contributed by atoms with E-state index in [9.17, 15) is 0 Å². The number of aromatic nitrogens is 2. The number of para-hydroxylation sites is 1. The van der Waals surface area contributed by atoms with Gasteiger partial charge in [-0.15, -0.1) is 0 Å². The van der Waals surface area contributed by atoms with Crippen LogP contribution in [0.2, 0.25) is 0 Å². The molecule has 0 spiro atoms. The van der Waals surface area contributed by atoms with Gasteiger partial charge >= 0.3 is 0 Å². The largest absolute Gasteiger partial charge is 0.493 e. The van der Waals surface area contributed by atoms with Crippen LogP contribution in [-0.2, 0) is 0 Å². The highest BCUT2D eigenvalue weighted by Gasteiger charge is 2.31. The lowest BCUT2D eigenvalue weighted by atomic mass is 10.0. The fourth-order valence-electron chi connectivity index (χ4n) is 3.43. The second kappa shape index (κ2) is 8.54. The van der Waals surface area contributed by atoms with Gasteiger partial charge in [0.05, 0.1) is 12.6 Å². The first kappa shape index (κ1) is 18.7. The Labute approximate surface area is 165 Å². The summed E-state index contributed by atoms with van der Waals surface area (Å²) < 4.78 is 11.5. The van der Waals surface area contributed by atoms with Crippen molar-refractivity contribution in [3.8, 4) is 17.1 Å². The number of nitrogens with one attached hydrogen (secondary N) is 2. The molecule has 2 heterocycles. The number of rotatable bonds is 7. The maximum atomic E-state index is 5.98. The fourth-order valence-corrected chi connectivity index (χ4v) is 3.43. The van der Waals surface area contributed by atoms with E-state index in [1.54, 1.807) is 0 Å². The second-order valence-electron chi connectivity index (χ2n) is 7.20. The van der Waals surface area contributed by atoms with Gasteiger partial charge in [0, 0.05) is 11.1 Å². The van der Waals surface area contributed by atoms with E-state index < -0.39 is 0 Å². The minimum atomic E-state index is -0.0419. The van der Waals surface area contributed by atoms with Crippen molar-refractivity contribution in [2.24, 2.45) is 0 Å². The van der Waals surface area contributed by atoms with Gasteiger partial charge in [-0.25, -0.2) is 10.9 Å². The second-order valence-corrected chi connectivity index (χ2v) is 7.20. The SMILES string of the molecule is CCCCOc1ccccc1C1CC(c2nc(-c3cccc(C)c3)no2)NN1. The Morgan fingerprint density at radius 3 is 2.82 bits per heavy atom. The molecule has 1 aliphatic heterocycles. The number of nitrogens with zero attached hydrogens (tertiary/aromatic N) is 2. The fraction of sp³-hybridized carbons (Fsp3) is 0.364. The van der Waals surface area contributed by atoms with Gasteiger partial charge in [-0.1, -0.05) is 60.5 Å². The normalized spacial score (nSPS) is 19.1. The van der Waals surface area contributed by atoms with Gasteiger partial charge in [0.2, 0.25) is 11.7 Å². The number of hydrogen-bond acceptors (Lipinski definition) is 6. The highest BCUT2D eigenvalue weighted by molar-refractivity contribution is 5.55. The van der Waals surface area contributed by atoms with Crippen molar-refractivity contribution < 1.29 is 9.26 Å². The van der Waals surface area contributed by atoms with Gasteiger partial charge in [-0.2, -0.15) is 4.98 Å². The summed E-state index contributed by atoms with van der Waals surface area (Å²) in [6.45, 7) is 4.95. The first-order valence-corrected chi connectivity index (χ1v) is 9.88. The number of hydrazine groups is 1. The summed E-state index contributed by atoms with van der Waals surface area (Å²) in [5.74, 6) is 2.14. The van der Waals surface area contributed by atoms with Crippen molar-refractivity contribution in [1.82, 2.24) is 21.0 Å². The molecule has 4 rings (SSSR count). The van der Waals surface area contributed by atoms with Gasteiger partial charge in [0.25, 0.3) is 0 Å². The van der Waals surface area contributed by atoms with Crippen LogP contribution in [0.15, 0.2) is 53.1 Å². The summed E-state index contributed by atoms with van der Waals surface area (Å²) in [7, 11) is 0. The number of unbranched alkanes of at least 4 members (excludes halogenated alkanes) is 1. The van der Waals surface area contributed by atoms with Crippen LogP contribution >= 0.6 is 0 Å². The molecule has 0 saturated carbocycles. The topological polar surface area (TPSA) is 72.2 Å². The van der Waals surface area contributed by atoms with E-state index in [1.807, 2.05) is 30.3 Å². The van der Waals surface area contributed by atoms with Crippen molar-refractivity contribution >= 4 is 0 Å². The molecule has 1 aliphatic rings. The molecular weight excluding hydrogens is 352 g/mol. The van der Waals surface area contributed by atoms with Crippen LogP contribution in [0.1, 0.15) is 55.3 Å². The molecule has 2 unspecified atom stereocenters. The van der Waals surface area contributed by atoms with E-state index in [2.05, 4.69) is 53.0 Å². The first-order valence-electron chi connectivity index (χ1n) is 9.88. The Morgan fingerprint density at radius 1 is 1.11 bits per heavy atom. The molecule has 0 radical (unpaired) electrons. The average Bonchev–Trinajstić information content (AvgIpc) is 3.38. The van der Waals surface area contributed by atoms with Crippen molar-refractivity contribution in [1.29, 1.82) is 0 Å². The number of hydrogen-bond donors (Lipinski definition) is 2. The van der Waals surface area contributed by atoms with E-state index in [0.29, 0.717) is 11.7 Å². The zero-order valence-electron chi connectivity index (χ0n) is 16.3. The molecule has 28 heavy (non-hydrogen) atoms. The Balaban J connectivity index is 1.47. The number of aryl methyl sites for hydroxylation is 1. The van der Waals surface area contributed by atoms with E-state index >= 15 is 0 Å². The molecular formula is C22H26N4O2. The highest BCUT2D eigenvalue weighted by Crippen LogP contribution is 2.35. The van der Waals surface area contributed by atoms with Gasteiger partial charge in [-0.05, 0) is 31.9 Å². The van der Waals surface area contributed by atoms with Crippen LogP contribution in [0.5, 0.6) is 5.75 Å². The molecule has 2 atom stereocenters. The van der Waals surface area contributed by atoms with E-state index in [1.165, 1.54) is 5.56 Å². The monoisotopic (exact) mass is 378 g/mol. The average molecular weight is 378 g/mol. The third kappa shape index (κ3) is 4.08. The Morgan fingerprint density at radius 2 is 1.96 bits per heavy atom. The minimum absolute atomic E-state index is 0.0419.